The van der Waals surface area contributed by atoms with Crippen molar-refractivity contribution in [1.29, 1.82) is 0 Å². The van der Waals surface area contributed by atoms with Crippen molar-refractivity contribution >= 4 is 37.4 Å². The monoisotopic (exact) mass is 256 g/mol. The minimum atomic E-state index is -0.396. The Balaban J connectivity index is 2.79. The maximum absolute atomic E-state index is 9.52. The number of hydrogen-bond donors (Lipinski definition) is 1. The Bertz CT molecular complexity index is 433. The number of thiophene rings is 1. The van der Waals surface area contributed by atoms with E-state index in [1.165, 1.54) is 4.70 Å². The SMILES string of the molecule is CC(O)c1csc2cccc(Br)c12. The summed E-state index contributed by atoms with van der Waals surface area (Å²) in [7, 11) is 0. The van der Waals surface area contributed by atoms with Gasteiger partial charge in [0.05, 0.1) is 6.10 Å². The molecule has 3 heteroatoms. The van der Waals surface area contributed by atoms with E-state index in [9.17, 15) is 5.11 Å². The van der Waals surface area contributed by atoms with Crippen LogP contribution in [0.3, 0.4) is 0 Å². The van der Waals surface area contributed by atoms with Crippen molar-refractivity contribution in [3.63, 3.8) is 0 Å². The Morgan fingerprint density at radius 2 is 2.23 bits per heavy atom. The molecule has 0 saturated carbocycles. The lowest BCUT2D eigenvalue weighted by Crippen LogP contribution is -1.88. The number of benzene rings is 1. The van der Waals surface area contributed by atoms with Gasteiger partial charge in [-0.05, 0) is 30.0 Å². The van der Waals surface area contributed by atoms with Crippen LogP contribution in [0.2, 0.25) is 0 Å². The number of fused-ring (bicyclic) bond motifs is 1. The van der Waals surface area contributed by atoms with E-state index >= 15 is 0 Å². The third-order valence-electron chi connectivity index (χ3n) is 2.03. The molecule has 68 valence electrons. The number of hydrogen-bond acceptors (Lipinski definition) is 2. The largest absolute Gasteiger partial charge is 0.389 e. The van der Waals surface area contributed by atoms with Gasteiger partial charge in [-0.2, -0.15) is 0 Å². The fraction of sp³-hybridized carbons (Fsp3) is 0.200. The molecular weight excluding hydrogens is 248 g/mol. The lowest BCUT2D eigenvalue weighted by molar-refractivity contribution is 0.201. The number of halogens is 1. The maximum Gasteiger partial charge on any atom is 0.0776 e. The number of aliphatic hydroxyl groups excluding tert-OH is 1. The van der Waals surface area contributed by atoms with E-state index < -0.39 is 6.10 Å². The van der Waals surface area contributed by atoms with E-state index in [2.05, 4.69) is 22.0 Å². The molecule has 0 bridgehead atoms. The molecule has 0 amide bonds. The standard InChI is InChI=1S/C10H9BrOS/c1-6(12)7-5-13-9-4-2-3-8(11)10(7)9/h2-6,12H,1H3. The van der Waals surface area contributed by atoms with Crippen LogP contribution < -0.4 is 0 Å². The molecule has 1 N–H and O–H groups in total. The van der Waals surface area contributed by atoms with Crippen molar-refractivity contribution in [3.8, 4) is 0 Å². The molecule has 0 aliphatic heterocycles. The van der Waals surface area contributed by atoms with E-state index in [0.717, 1.165) is 15.4 Å². The van der Waals surface area contributed by atoms with Gasteiger partial charge < -0.3 is 5.11 Å². The molecule has 1 aromatic heterocycles. The Labute approximate surface area is 89.1 Å². The quantitative estimate of drug-likeness (QED) is 0.825. The van der Waals surface area contributed by atoms with Crippen LogP contribution in [0, 0.1) is 0 Å². The van der Waals surface area contributed by atoms with Gasteiger partial charge in [0.15, 0.2) is 0 Å². The predicted octanol–water partition coefficient (Wildman–Crippen LogP) is 3.72. The Morgan fingerprint density at radius 3 is 2.92 bits per heavy atom. The normalized spacial score (nSPS) is 13.5. The Hall–Kier alpha value is -0.380. The van der Waals surface area contributed by atoms with Crippen LogP contribution in [0.15, 0.2) is 28.1 Å². The highest BCUT2D eigenvalue weighted by molar-refractivity contribution is 9.10. The van der Waals surface area contributed by atoms with Gasteiger partial charge in [-0.15, -0.1) is 11.3 Å². The van der Waals surface area contributed by atoms with Gasteiger partial charge in [-0.25, -0.2) is 0 Å². The second-order valence-corrected chi connectivity index (χ2v) is 4.75. The van der Waals surface area contributed by atoms with Crippen molar-refractivity contribution in [2.45, 2.75) is 13.0 Å². The lowest BCUT2D eigenvalue weighted by Gasteiger charge is -2.03. The zero-order valence-electron chi connectivity index (χ0n) is 7.12. The first-order chi connectivity index (χ1) is 6.20. The smallest absolute Gasteiger partial charge is 0.0776 e. The summed E-state index contributed by atoms with van der Waals surface area (Å²) < 4.78 is 2.27. The molecule has 0 fully saturated rings. The van der Waals surface area contributed by atoms with Gasteiger partial charge in [-0.1, -0.05) is 22.0 Å². The summed E-state index contributed by atoms with van der Waals surface area (Å²) in [6.45, 7) is 1.79. The van der Waals surface area contributed by atoms with Crippen LogP contribution in [-0.4, -0.2) is 5.11 Å². The molecule has 1 atom stereocenters. The molecule has 1 aromatic carbocycles. The van der Waals surface area contributed by atoms with Crippen molar-refractivity contribution < 1.29 is 5.11 Å². The molecule has 2 rings (SSSR count). The van der Waals surface area contributed by atoms with Crippen LogP contribution >= 0.6 is 27.3 Å². The number of aliphatic hydroxyl groups is 1. The van der Waals surface area contributed by atoms with Gasteiger partial charge in [0.1, 0.15) is 0 Å². The summed E-state index contributed by atoms with van der Waals surface area (Å²) in [5, 5.41) is 12.7. The minimum absolute atomic E-state index is 0.396. The Kier molecular flexibility index (Phi) is 2.41. The average Bonchev–Trinajstić information content (AvgIpc) is 2.49. The molecule has 0 spiro atoms. The average molecular weight is 257 g/mol. The van der Waals surface area contributed by atoms with Crippen molar-refractivity contribution in [1.82, 2.24) is 0 Å². The molecule has 13 heavy (non-hydrogen) atoms. The van der Waals surface area contributed by atoms with Crippen LogP contribution in [-0.2, 0) is 0 Å². The van der Waals surface area contributed by atoms with E-state index in [1.54, 1.807) is 18.3 Å². The van der Waals surface area contributed by atoms with Gasteiger partial charge in [0.25, 0.3) is 0 Å². The lowest BCUT2D eigenvalue weighted by atomic mass is 10.1. The fourth-order valence-corrected chi connectivity index (χ4v) is 3.17. The van der Waals surface area contributed by atoms with Crippen molar-refractivity contribution in [2.75, 3.05) is 0 Å². The van der Waals surface area contributed by atoms with Gasteiger partial charge in [0, 0.05) is 14.6 Å². The molecule has 2 aromatic rings. The molecule has 1 nitrogen and oxygen atoms in total. The molecule has 0 saturated heterocycles. The zero-order valence-corrected chi connectivity index (χ0v) is 9.52. The summed E-state index contributed by atoms with van der Waals surface area (Å²) in [6, 6.07) is 6.08. The van der Waals surface area contributed by atoms with E-state index in [4.69, 9.17) is 0 Å². The molecule has 1 unspecified atom stereocenters. The second-order valence-electron chi connectivity index (χ2n) is 2.98. The van der Waals surface area contributed by atoms with E-state index in [-0.39, 0.29) is 0 Å². The summed E-state index contributed by atoms with van der Waals surface area (Å²) in [5.74, 6) is 0. The highest BCUT2D eigenvalue weighted by Crippen LogP contribution is 2.35. The van der Waals surface area contributed by atoms with Crippen LogP contribution in [0.4, 0.5) is 0 Å². The van der Waals surface area contributed by atoms with E-state index in [1.807, 2.05) is 17.5 Å². The Morgan fingerprint density at radius 1 is 1.46 bits per heavy atom. The van der Waals surface area contributed by atoms with Crippen LogP contribution in [0.5, 0.6) is 0 Å². The van der Waals surface area contributed by atoms with Crippen LogP contribution in [0.1, 0.15) is 18.6 Å². The fourth-order valence-electron chi connectivity index (χ4n) is 1.38. The third kappa shape index (κ3) is 1.52. The van der Waals surface area contributed by atoms with Crippen molar-refractivity contribution in [3.05, 3.63) is 33.6 Å². The maximum atomic E-state index is 9.52. The third-order valence-corrected chi connectivity index (χ3v) is 3.65. The van der Waals surface area contributed by atoms with Gasteiger partial charge >= 0.3 is 0 Å². The zero-order chi connectivity index (χ0) is 9.42. The summed E-state index contributed by atoms with van der Waals surface area (Å²) in [6.07, 6.45) is -0.396. The molecule has 0 aliphatic rings. The molecule has 0 radical (unpaired) electrons. The minimum Gasteiger partial charge on any atom is -0.389 e. The second kappa shape index (κ2) is 3.40. The highest BCUT2D eigenvalue weighted by Gasteiger charge is 2.10. The predicted molar refractivity (Wildman–Crippen MR) is 60.2 cm³/mol. The topological polar surface area (TPSA) is 20.2 Å². The van der Waals surface area contributed by atoms with E-state index in [0.29, 0.717) is 0 Å². The number of rotatable bonds is 1. The first-order valence-corrected chi connectivity index (χ1v) is 5.71. The van der Waals surface area contributed by atoms with Crippen LogP contribution in [0.25, 0.3) is 10.1 Å². The summed E-state index contributed by atoms with van der Waals surface area (Å²) in [5.41, 5.74) is 1.01. The van der Waals surface area contributed by atoms with Gasteiger partial charge in [0.2, 0.25) is 0 Å². The first kappa shape index (κ1) is 9.19. The van der Waals surface area contributed by atoms with Gasteiger partial charge in [-0.3, -0.25) is 0 Å². The van der Waals surface area contributed by atoms with Crippen molar-refractivity contribution in [2.24, 2.45) is 0 Å². The molecule has 0 aliphatic carbocycles. The first-order valence-electron chi connectivity index (χ1n) is 4.04. The summed E-state index contributed by atoms with van der Waals surface area (Å²) >= 11 is 5.16. The summed E-state index contributed by atoms with van der Waals surface area (Å²) in [4.78, 5) is 0. The molecular formula is C10H9BrOS. The molecule has 1 heterocycles. The highest BCUT2D eigenvalue weighted by atomic mass is 79.9.